The lowest BCUT2D eigenvalue weighted by Gasteiger charge is -2.11. The summed E-state index contributed by atoms with van der Waals surface area (Å²) < 4.78 is 2.07. The summed E-state index contributed by atoms with van der Waals surface area (Å²) in [6.07, 6.45) is 1.76. The topological polar surface area (TPSA) is 76.0 Å². The number of halogens is 1. The number of imidazole rings is 1. The molecule has 1 aromatic carbocycles. The van der Waals surface area contributed by atoms with E-state index in [2.05, 4.69) is 27.1 Å². The summed E-state index contributed by atoms with van der Waals surface area (Å²) in [6, 6.07) is 5.14. The fourth-order valence-corrected chi connectivity index (χ4v) is 3.29. The van der Waals surface area contributed by atoms with Crippen molar-refractivity contribution in [3.63, 3.8) is 0 Å². The van der Waals surface area contributed by atoms with E-state index in [0.29, 0.717) is 5.02 Å². The number of urea groups is 1. The van der Waals surface area contributed by atoms with Gasteiger partial charge in [0.25, 0.3) is 0 Å². The molecule has 0 radical (unpaired) electrons. The molecular formula is C17H23ClN4O2S. The molecule has 0 spiro atoms. The van der Waals surface area contributed by atoms with Crippen LogP contribution in [0.25, 0.3) is 11.0 Å². The van der Waals surface area contributed by atoms with Crippen LogP contribution in [0.15, 0.2) is 23.4 Å². The Kier molecular flexibility index (Phi) is 7.13. The second kappa shape index (κ2) is 9.10. The molecule has 2 aromatic rings. The largest absolute Gasteiger partial charge is 0.335 e. The highest BCUT2D eigenvalue weighted by atomic mass is 35.5. The Bertz CT molecular complexity index is 762. The zero-order valence-electron chi connectivity index (χ0n) is 14.6. The molecule has 0 aliphatic carbocycles. The summed E-state index contributed by atoms with van der Waals surface area (Å²) in [5.41, 5.74) is 1.79. The Morgan fingerprint density at radius 3 is 2.80 bits per heavy atom. The number of thioether (sulfide) groups is 1. The predicted molar refractivity (Wildman–Crippen MR) is 102 cm³/mol. The van der Waals surface area contributed by atoms with Gasteiger partial charge >= 0.3 is 6.03 Å². The van der Waals surface area contributed by atoms with Gasteiger partial charge in [-0.15, -0.1) is 0 Å². The molecule has 6 nitrogen and oxygen atoms in total. The molecular weight excluding hydrogens is 360 g/mol. The smallest absolute Gasteiger partial charge is 0.321 e. The highest BCUT2D eigenvalue weighted by Crippen LogP contribution is 2.26. The Morgan fingerprint density at radius 2 is 2.12 bits per heavy atom. The van der Waals surface area contributed by atoms with Crippen molar-refractivity contribution in [3.05, 3.63) is 23.2 Å². The zero-order valence-corrected chi connectivity index (χ0v) is 16.2. The van der Waals surface area contributed by atoms with Crippen LogP contribution in [-0.4, -0.2) is 33.3 Å². The van der Waals surface area contributed by atoms with E-state index in [1.165, 1.54) is 11.8 Å². The SMILES string of the molecule is CCCn1c(SCC(=O)NC(=O)N[C@H](C)CC)nc2cc(Cl)ccc21. The van der Waals surface area contributed by atoms with Crippen molar-refractivity contribution >= 4 is 46.3 Å². The maximum Gasteiger partial charge on any atom is 0.321 e. The molecule has 3 amide bonds. The van der Waals surface area contributed by atoms with Crippen molar-refractivity contribution in [2.75, 3.05) is 5.75 Å². The van der Waals surface area contributed by atoms with Gasteiger partial charge in [-0.1, -0.05) is 37.2 Å². The second-order valence-corrected chi connectivity index (χ2v) is 7.18. The van der Waals surface area contributed by atoms with Gasteiger partial charge in [0, 0.05) is 17.6 Å². The van der Waals surface area contributed by atoms with E-state index in [4.69, 9.17) is 11.6 Å². The van der Waals surface area contributed by atoms with Crippen molar-refractivity contribution in [1.29, 1.82) is 0 Å². The molecule has 0 aliphatic heterocycles. The number of fused-ring (bicyclic) bond motifs is 1. The quantitative estimate of drug-likeness (QED) is 0.714. The number of amides is 3. The molecule has 136 valence electrons. The summed E-state index contributed by atoms with van der Waals surface area (Å²) >= 11 is 7.34. The standard InChI is InChI=1S/C17H23ClN4O2S/c1-4-8-22-14-7-6-12(18)9-13(14)20-17(22)25-10-15(23)21-16(24)19-11(3)5-2/h6-7,9,11H,4-5,8,10H2,1-3H3,(H2,19,21,23,24)/t11-/m1/s1. The number of imide groups is 1. The summed E-state index contributed by atoms with van der Waals surface area (Å²) in [7, 11) is 0. The third kappa shape index (κ3) is 5.37. The number of hydrogen-bond donors (Lipinski definition) is 2. The predicted octanol–water partition coefficient (Wildman–Crippen LogP) is 3.82. The second-order valence-electron chi connectivity index (χ2n) is 5.80. The fraction of sp³-hybridized carbons (Fsp3) is 0.471. The number of aromatic nitrogens is 2. The van der Waals surface area contributed by atoms with Crippen LogP contribution in [0.2, 0.25) is 5.02 Å². The van der Waals surface area contributed by atoms with Gasteiger partial charge in [-0.2, -0.15) is 0 Å². The number of carbonyl (C=O) groups is 2. The lowest BCUT2D eigenvalue weighted by Crippen LogP contribution is -2.43. The molecule has 8 heteroatoms. The molecule has 0 unspecified atom stereocenters. The molecule has 1 atom stereocenters. The van der Waals surface area contributed by atoms with Crippen LogP contribution in [0.4, 0.5) is 4.79 Å². The minimum absolute atomic E-state index is 0.0268. The number of nitrogens with one attached hydrogen (secondary N) is 2. The Labute approximate surface area is 156 Å². The van der Waals surface area contributed by atoms with Crippen molar-refractivity contribution in [1.82, 2.24) is 20.2 Å². The maximum atomic E-state index is 12.0. The van der Waals surface area contributed by atoms with Crippen LogP contribution in [-0.2, 0) is 11.3 Å². The van der Waals surface area contributed by atoms with Gasteiger partial charge in [0.1, 0.15) is 0 Å². The molecule has 1 aromatic heterocycles. The molecule has 0 bridgehead atoms. The van der Waals surface area contributed by atoms with Crippen molar-refractivity contribution in [3.8, 4) is 0 Å². The zero-order chi connectivity index (χ0) is 18.4. The van der Waals surface area contributed by atoms with Gasteiger partial charge in [0.2, 0.25) is 5.91 Å². The van der Waals surface area contributed by atoms with E-state index in [1.807, 2.05) is 32.0 Å². The molecule has 0 saturated carbocycles. The maximum absolute atomic E-state index is 12.0. The average Bonchev–Trinajstić information content (AvgIpc) is 2.89. The first-order chi connectivity index (χ1) is 11.9. The van der Waals surface area contributed by atoms with Gasteiger partial charge in [0.05, 0.1) is 16.8 Å². The summed E-state index contributed by atoms with van der Waals surface area (Å²) in [5.74, 6) is -0.228. The minimum atomic E-state index is -0.464. The lowest BCUT2D eigenvalue weighted by molar-refractivity contribution is -0.117. The monoisotopic (exact) mass is 382 g/mol. The highest BCUT2D eigenvalue weighted by Gasteiger charge is 2.15. The first kappa shape index (κ1) is 19.6. The van der Waals surface area contributed by atoms with Gasteiger partial charge in [-0.05, 0) is 38.0 Å². The first-order valence-electron chi connectivity index (χ1n) is 8.33. The minimum Gasteiger partial charge on any atom is -0.335 e. The third-order valence-electron chi connectivity index (χ3n) is 3.70. The van der Waals surface area contributed by atoms with E-state index in [9.17, 15) is 9.59 Å². The van der Waals surface area contributed by atoms with Crippen molar-refractivity contribution < 1.29 is 9.59 Å². The van der Waals surface area contributed by atoms with Crippen molar-refractivity contribution in [2.24, 2.45) is 0 Å². The fourth-order valence-electron chi connectivity index (χ4n) is 2.29. The molecule has 0 fully saturated rings. The molecule has 0 saturated heterocycles. The van der Waals surface area contributed by atoms with Gasteiger partial charge < -0.3 is 9.88 Å². The van der Waals surface area contributed by atoms with Gasteiger partial charge in [0.15, 0.2) is 5.16 Å². The lowest BCUT2D eigenvalue weighted by atomic mass is 10.3. The summed E-state index contributed by atoms with van der Waals surface area (Å²) in [4.78, 5) is 28.2. The number of rotatable bonds is 7. The Balaban J connectivity index is 2.03. The number of nitrogens with zero attached hydrogens (tertiary/aromatic N) is 2. The van der Waals surface area contributed by atoms with E-state index < -0.39 is 6.03 Å². The van der Waals surface area contributed by atoms with E-state index in [0.717, 1.165) is 35.6 Å². The molecule has 2 N–H and O–H groups in total. The van der Waals surface area contributed by atoms with Crippen molar-refractivity contribution in [2.45, 2.75) is 51.4 Å². The third-order valence-corrected chi connectivity index (χ3v) is 4.91. The highest BCUT2D eigenvalue weighted by molar-refractivity contribution is 7.99. The van der Waals surface area contributed by atoms with Crippen LogP contribution in [0, 0.1) is 0 Å². The van der Waals surface area contributed by atoms with E-state index in [1.54, 1.807) is 0 Å². The molecule has 1 heterocycles. The van der Waals surface area contributed by atoms with Crippen LogP contribution in [0.3, 0.4) is 0 Å². The van der Waals surface area contributed by atoms with Crippen LogP contribution in [0.1, 0.15) is 33.6 Å². The van der Waals surface area contributed by atoms with Gasteiger partial charge in [-0.25, -0.2) is 9.78 Å². The van der Waals surface area contributed by atoms with E-state index >= 15 is 0 Å². The number of carbonyl (C=O) groups excluding carboxylic acids is 2. The number of hydrogen-bond acceptors (Lipinski definition) is 4. The Hall–Kier alpha value is -1.73. The molecule has 2 rings (SSSR count). The average molecular weight is 383 g/mol. The first-order valence-corrected chi connectivity index (χ1v) is 9.69. The normalized spacial score (nSPS) is 12.2. The molecule has 25 heavy (non-hydrogen) atoms. The van der Waals surface area contributed by atoms with Crippen LogP contribution < -0.4 is 10.6 Å². The Morgan fingerprint density at radius 1 is 1.36 bits per heavy atom. The van der Waals surface area contributed by atoms with E-state index in [-0.39, 0.29) is 17.7 Å². The summed E-state index contributed by atoms with van der Waals surface area (Å²) in [5, 5.41) is 6.42. The number of aryl methyl sites for hydroxylation is 1. The van der Waals surface area contributed by atoms with Crippen LogP contribution >= 0.6 is 23.4 Å². The van der Waals surface area contributed by atoms with Gasteiger partial charge in [-0.3, -0.25) is 10.1 Å². The number of benzene rings is 1. The summed E-state index contributed by atoms with van der Waals surface area (Å²) in [6.45, 7) is 6.74. The van der Waals surface area contributed by atoms with Crippen LogP contribution in [0.5, 0.6) is 0 Å². The molecule has 0 aliphatic rings.